The van der Waals surface area contributed by atoms with Crippen molar-refractivity contribution in [1.29, 1.82) is 0 Å². The molecule has 21 heavy (non-hydrogen) atoms. The molecule has 0 aliphatic heterocycles. The number of anilines is 1. The van der Waals surface area contributed by atoms with Crippen LogP contribution in [0.5, 0.6) is 5.75 Å². The fourth-order valence-electron chi connectivity index (χ4n) is 1.83. The lowest BCUT2D eigenvalue weighted by atomic mass is 10.1. The minimum Gasteiger partial charge on any atom is -0.489 e. The van der Waals surface area contributed by atoms with E-state index in [-0.39, 0.29) is 18.0 Å². The number of ether oxygens (including phenoxy) is 1. The molecule has 2 rings (SSSR count). The monoisotopic (exact) mass is 294 g/mol. The third-order valence-corrected chi connectivity index (χ3v) is 2.80. The molecule has 0 fully saturated rings. The number of benzene rings is 2. The number of nitrogens with zero attached hydrogens (tertiary/aromatic N) is 1. The van der Waals surface area contributed by atoms with Gasteiger partial charge in [-0.1, -0.05) is 0 Å². The fourth-order valence-corrected chi connectivity index (χ4v) is 1.83. The highest BCUT2D eigenvalue weighted by Gasteiger charge is 2.11. The fraction of sp³-hybridized carbons (Fsp3) is 0.143. The van der Waals surface area contributed by atoms with Gasteiger partial charge in [-0.05, 0) is 6.07 Å². The van der Waals surface area contributed by atoms with Gasteiger partial charge in [-0.25, -0.2) is 8.78 Å². The number of rotatable bonds is 5. The zero-order valence-electron chi connectivity index (χ0n) is 11.1. The van der Waals surface area contributed by atoms with Gasteiger partial charge >= 0.3 is 0 Å². The zero-order valence-corrected chi connectivity index (χ0v) is 11.1. The van der Waals surface area contributed by atoms with Gasteiger partial charge in [0.1, 0.15) is 24.0 Å². The lowest BCUT2D eigenvalue weighted by Gasteiger charge is -2.11. The van der Waals surface area contributed by atoms with Gasteiger partial charge < -0.3 is 10.1 Å². The van der Waals surface area contributed by atoms with Gasteiger partial charge in [-0.3, -0.25) is 10.1 Å². The van der Waals surface area contributed by atoms with Gasteiger partial charge in [-0.15, -0.1) is 0 Å². The second-order valence-electron chi connectivity index (χ2n) is 4.24. The summed E-state index contributed by atoms with van der Waals surface area (Å²) in [6, 6.07) is 7.07. The summed E-state index contributed by atoms with van der Waals surface area (Å²) in [5.41, 5.74) is 1.06. The van der Waals surface area contributed by atoms with Gasteiger partial charge in [0, 0.05) is 48.6 Å². The van der Waals surface area contributed by atoms with Crippen molar-refractivity contribution in [1.82, 2.24) is 0 Å². The molecule has 0 heterocycles. The summed E-state index contributed by atoms with van der Waals surface area (Å²) in [6.45, 7) is -0.0548. The van der Waals surface area contributed by atoms with Crippen molar-refractivity contribution in [2.24, 2.45) is 0 Å². The van der Waals surface area contributed by atoms with Gasteiger partial charge in [0.05, 0.1) is 4.92 Å². The van der Waals surface area contributed by atoms with Crippen LogP contribution in [0.3, 0.4) is 0 Å². The number of hydrogen-bond donors (Lipinski definition) is 1. The summed E-state index contributed by atoms with van der Waals surface area (Å²) in [4.78, 5) is 10.2. The standard InChI is InChI=1S/C14H12F2N2O3/c1-17-14-3-2-12(18(19)20)4-9(14)8-21-13-6-10(15)5-11(16)7-13/h2-7,17H,8H2,1H3. The molecule has 0 amide bonds. The molecule has 0 radical (unpaired) electrons. The Morgan fingerprint density at radius 3 is 2.43 bits per heavy atom. The smallest absolute Gasteiger partial charge is 0.269 e. The summed E-state index contributed by atoms with van der Waals surface area (Å²) in [6.07, 6.45) is 0. The molecule has 0 unspecified atom stereocenters. The molecule has 0 bridgehead atoms. The van der Waals surface area contributed by atoms with Crippen molar-refractivity contribution in [3.8, 4) is 5.75 Å². The first kappa shape index (κ1) is 14.7. The quantitative estimate of drug-likeness (QED) is 0.677. The number of nitro benzene ring substituents is 1. The van der Waals surface area contributed by atoms with Crippen molar-refractivity contribution in [3.63, 3.8) is 0 Å². The average molecular weight is 294 g/mol. The number of halogens is 2. The van der Waals surface area contributed by atoms with Gasteiger partial charge in [0.15, 0.2) is 0 Å². The first-order valence-corrected chi connectivity index (χ1v) is 6.03. The summed E-state index contributed by atoms with van der Waals surface area (Å²) >= 11 is 0. The van der Waals surface area contributed by atoms with E-state index in [1.54, 1.807) is 13.1 Å². The first-order chi connectivity index (χ1) is 9.99. The molecule has 0 aliphatic rings. The molecular formula is C14H12F2N2O3. The maximum absolute atomic E-state index is 13.0. The van der Waals surface area contributed by atoms with Crippen LogP contribution >= 0.6 is 0 Å². The van der Waals surface area contributed by atoms with Crippen LogP contribution in [-0.2, 0) is 6.61 Å². The maximum atomic E-state index is 13.0. The molecule has 0 atom stereocenters. The maximum Gasteiger partial charge on any atom is 0.269 e. The number of hydrogen-bond acceptors (Lipinski definition) is 4. The summed E-state index contributed by atoms with van der Waals surface area (Å²) in [5, 5.41) is 13.6. The van der Waals surface area contributed by atoms with E-state index in [9.17, 15) is 18.9 Å². The minimum absolute atomic E-state index is 0.0149. The highest BCUT2D eigenvalue weighted by Crippen LogP contribution is 2.24. The summed E-state index contributed by atoms with van der Waals surface area (Å²) in [5.74, 6) is -1.49. The van der Waals surface area contributed by atoms with E-state index < -0.39 is 16.6 Å². The SMILES string of the molecule is CNc1ccc([N+](=O)[O-])cc1COc1cc(F)cc(F)c1. The van der Waals surface area contributed by atoms with Crippen LogP contribution in [0, 0.1) is 21.7 Å². The van der Waals surface area contributed by atoms with Gasteiger partial charge in [-0.2, -0.15) is 0 Å². The van der Waals surface area contributed by atoms with Crippen molar-refractivity contribution >= 4 is 11.4 Å². The van der Waals surface area contributed by atoms with E-state index in [0.29, 0.717) is 11.3 Å². The van der Waals surface area contributed by atoms with E-state index in [1.807, 2.05) is 0 Å². The molecule has 0 spiro atoms. The molecule has 2 aromatic carbocycles. The van der Waals surface area contributed by atoms with Crippen molar-refractivity contribution in [3.05, 3.63) is 63.7 Å². The molecule has 7 heteroatoms. The van der Waals surface area contributed by atoms with Crippen molar-refractivity contribution < 1.29 is 18.4 Å². The second kappa shape index (κ2) is 6.17. The van der Waals surface area contributed by atoms with Gasteiger partial charge in [0.25, 0.3) is 5.69 Å². The van der Waals surface area contributed by atoms with Crippen LogP contribution in [0.15, 0.2) is 36.4 Å². The first-order valence-electron chi connectivity index (χ1n) is 6.03. The minimum atomic E-state index is -0.752. The predicted molar refractivity (Wildman–Crippen MR) is 73.3 cm³/mol. The topological polar surface area (TPSA) is 64.4 Å². The van der Waals surface area contributed by atoms with E-state index in [0.717, 1.165) is 18.2 Å². The normalized spacial score (nSPS) is 10.2. The van der Waals surface area contributed by atoms with Crippen molar-refractivity contribution in [2.45, 2.75) is 6.61 Å². The van der Waals surface area contributed by atoms with E-state index in [4.69, 9.17) is 4.74 Å². The number of non-ortho nitro benzene ring substituents is 1. The van der Waals surface area contributed by atoms with E-state index in [1.165, 1.54) is 12.1 Å². The summed E-state index contributed by atoms with van der Waals surface area (Å²) < 4.78 is 31.4. The second-order valence-corrected chi connectivity index (χ2v) is 4.24. The highest BCUT2D eigenvalue weighted by molar-refractivity contribution is 5.55. The van der Waals surface area contributed by atoms with E-state index >= 15 is 0 Å². The van der Waals surface area contributed by atoms with Crippen LogP contribution in [-0.4, -0.2) is 12.0 Å². The Bertz CT molecular complexity index is 657. The molecule has 2 aromatic rings. The lowest BCUT2D eigenvalue weighted by Crippen LogP contribution is -2.02. The Morgan fingerprint density at radius 1 is 1.19 bits per heavy atom. The molecule has 0 saturated carbocycles. The highest BCUT2D eigenvalue weighted by atomic mass is 19.1. The predicted octanol–water partition coefficient (Wildman–Crippen LogP) is 3.49. The number of nitro groups is 1. The Kier molecular flexibility index (Phi) is 4.32. The Balaban J connectivity index is 2.21. The van der Waals surface area contributed by atoms with Crippen LogP contribution in [0.25, 0.3) is 0 Å². The summed E-state index contributed by atoms with van der Waals surface area (Å²) in [7, 11) is 1.66. The molecule has 0 aromatic heterocycles. The Labute approximate surface area is 119 Å². The van der Waals surface area contributed by atoms with Gasteiger partial charge in [0.2, 0.25) is 0 Å². The third-order valence-electron chi connectivity index (χ3n) is 2.80. The van der Waals surface area contributed by atoms with Crippen LogP contribution < -0.4 is 10.1 Å². The molecule has 5 nitrogen and oxygen atoms in total. The molecular weight excluding hydrogens is 282 g/mol. The van der Waals surface area contributed by atoms with Crippen LogP contribution in [0.1, 0.15) is 5.56 Å². The van der Waals surface area contributed by atoms with E-state index in [2.05, 4.69) is 5.32 Å². The van der Waals surface area contributed by atoms with Crippen molar-refractivity contribution in [2.75, 3.05) is 12.4 Å². The molecule has 0 saturated heterocycles. The Morgan fingerprint density at radius 2 is 1.86 bits per heavy atom. The molecule has 1 N–H and O–H groups in total. The third kappa shape index (κ3) is 3.65. The van der Waals surface area contributed by atoms with Crippen LogP contribution in [0.2, 0.25) is 0 Å². The largest absolute Gasteiger partial charge is 0.489 e. The Hall–Kier alpha value is -2.70. The average Bonchev–Trinajstić information content (AvgIpc) is 2.43. The molecule has 110 valence electrons. The zero-order chi connectivity index (χ0) is 15.4. The van der Waals surface area contributed by atoms with Crippen LogP contribution in [0.4, 0.5) is 20.2 Å². The molecule has 0 aliphatic carbocycles. The number of nitrogens with one attached hydrogen (secondary N) is 1. The lowest BCUT2D eigenvalue weighted by molar-refractivity contribution is -0.384.